The Kier molecular flexibility index (Phi) is 7.80. The number of ketones is 1. The van der Waals surface area contributed by atoms with Gasteiger partial charge in [0, 0.05) is 32.1 Å². The number of allylic oxidation sites excluding steroid dienone is 2. The minimum Gasteiger partial charge on any atom is -0.481 e. The molecule has 44 heavy (non-hydrogen) atoms. The molecule has 0 radical (unpaired) electrons. The molecule has 7 nitrogen and oxygen atoms in total. The second-order valence-corrected chi connectivity index (χ2v) is 17.5. The second-order valence-electron chi connectivity index (χ2n) is 17.5. The lowest BCUT2D eigenvalue weighted by Crippen LogP contribution is -2.68. The van der Waals surface area contributed by atoms with E-state index in [9.17, 15) is 19.5 Å². The Hall–Kier alpha value is -1.73. The average Bonchev–Trinajstić information content (AvgIpc) is 2.95. The molecule has 0 spiro atoms. The number of piperazine rings is 1. The molecule has 6 rings (SSSR count). The Morgan fingerprint density at radius 2 is 1.61 bits per heavy atom. The van der Waals surface area contributed by atoms with E-state index in [-0.39, 0.29) is 46.4 Å². The molecule has 6 aliphatic rings. The van der Waals surface area contributed by atoms with Crippen LogP contribution in [-0.2, 0) is 19.1 Å². The quantitative estimate of drug-likeness (QED) is 0.387. The van der Waals surface area contributed by atoms with Crippen molar-refractivity contribution >= 4 is 17.7 Å². The van der Waals surface area contributed by atoms with E-state index in [4.69, 9.17) is 4.74 Å². The Bertz CT molecular complexity index is 1240. The zero-order valence-electron chi connectivity index (χ0n) is 28.7. The molecule has 7 heteroatoms. The third-order valence-corrected chi connectivity index (χ3v) is 15.4. The maximum Gasteiger partial charge on any atom is 0.320 e. The standard InChI is InChI=1S/C37H58N2O5/c1-23-9-12-33(3)15-16-35(5)25(30(33)24(23)2)21-26(40)31-34(4)13-11-28(44-29(41)22-39-19-17-38(8)18-20-39)37(7,32(42)43)27(34)10-14-36(31,35)6/h21,23-24,27-28,30-31H,9-20,22H2,1-8H3,(H,42,43)/t23-,24+,27-,28-,30+,31-,33-,34+,35-,36-,37-/m1/s1. The zero-order valence-corrected chi connectivity index (χ0v) is 28.7. The molecule has 5 aliphatic carbocycles. The normalized spacial score (nSPS) is 49.5. The van der Waals surface area contributed by atoms with Crippen LogP contribution in [0.5, 0.6) is 0 Å². The molecule has 0 amide bonds. The summed E-state index contributed by atoms with van der Waals surface area (Å²) in [4.78, 5) is 45.4. The number of esters is 1. The zero-order chi connectivity index (χ0) is 32.0. The van der Waals surface area contributed by atoms with Crippen molar-refractivity contribution in [1.29, 1.82) is 0 Å². The Morgan fingerprint density at radius 3 is 2.27 bits per heavy atom. The molecule has 1 aliphatic heterocycles. The predicted octanol–water partition coefficient (Wildman–Crippen LogP) is 6.07. The molecule has 5 fully saturated rings. The van der Waals surface area contributed by atoms with Gasteiger partial charge in [-0.15, -0.1) is 0 Å². The molecular weight excluding hydrogens is 552 g/mol. The van der Waals surface area contributed by atoms with Crippen molar-refractivity contribution in [1.82, 2.24) is 9.80 Å². The van der Waals surface area contributed by atoms with Gasteiger partial charge < -0.3 is 14.7 Å². The summed E-state index contributed by atoms with van der Waals surface area (Å²) in [7, 11) is 2.08. The first-order chi connectivity index (χ1) is 20.5. The van der Waals surface area contributed by atoms with Gasteiger partial charge in [0.1, 0.15) is 11.5 Å². The van der Waals surface area contributed by atoms with Crippen LogP contribution >= 0.6 is 0 Å². The van der Waals surface area contributed by atoms with E-state index >= 15 is 0 Å². The van der Waals surface area contributed by atoms with Gasteiger partial charge in [0.25, 0.3) is 0 Å². The lowest BCUT2D eigenvalue weighted by atomic mass is 9.33. The number of nitrogens with zero attached hydrogens (tertiary/aromatic N) is 2. The van der Waals surface area contributed by atoms with E-state index in [1.54, 1.807) is 6.92 Å². The predicted molar refractivity (Wildman–Crippen MR) is 171 cm³/mol. The fourth-order valence-electron chi connectivity index (χ4n) is 12.2. The summed E-state index contributed by atoms with van der Waals surface area (Å²) in [6.07, 6.45) is 8.92. The van der Waals surface area contributed by atoms with E-state index < -0.39 is 22.9 Å². The first kappa shape index (κ1) is 32.2. The largest absolute Gasteiger partial charge is 0.481 e. The number of carbonyl (C=O) groups excluding carboxylic acids is 2. The number of carboxylic acids is 1. The third-order valence-electron chi connectivity index (χ3n) is 15.4. The third kappa shape index (κ3) is 4.44. The van der Waals surface area contributed by atoms with E-state index in [2.05, 4.69) is 64.5 Å². The van der Waals surface area contributed by atoms with Crippen molar-refractivity contribution in [2.75, 3.05) is 39.8 Å². The van der Waals surface area contributed by atoms with Gasteiger partial charge in [0.05, 0.1) is 6.54 Å². The van der Waals surface area contributed by atoms with Crippen LogP contribution in [0.25, 0.3) is 0 Å². The van der Waals surface area contributed by atoms with Crippen LogP contribution in [0.4, 0.5) is 0 Å². The van der Waals surface area contributed by atoms with Crippen LogP contribution in [0.1, 0.15) is 99.8 Å². The van der Waals surface area contributed by atoms with Crippen molar-refractivity contribution in [3.8, 4) is 0 Å². The van der Waals surface area contributed by atoms with Gasteiger partial charge in [0.15, 0.2) is 5.78 Å². The van der Waals surface area contributed by atoms with Gasteiger partial charge in [-0.2, -0.15) is 0 Å². The Balaban J connectivity index is 1.31. The highest BCUT2D eigenvalue weighted by molar-refractivity contribution is 5.96. The lowest BCUT2D eigenvalue weighted by molar-refractivity contribution is -0.221. The number of carboxylic acid groups (broad SMARTS) is 1. The van der Waals surface area contributed by atoms with Crippen LogP contribution in [0, 0.1) is 56.7 Å². The highest BCUT2D eigenvalue weighted by Crippen LogP contribution is 2.75. The fraction of sp³-hybridized carbons (Fsp3) is 0.865. The monoisotopic (exact) mass is 610 g/mol. The van der Waals surface area contributed by atoms with Crippen molar-refractivity contribution in [3.05, 3.63) is 11.6 Å². The molecule has 246 valence electrons. The van der Waals surface area contributed by atoms with Crippen LogP contribution in [0.15, 0.2) is 11.6 Å². The van der Waals surface area contributed by atoms with Gasteiger partial charge in [-0.3, -0.25) is 19.3 Å². The minimum atomic E-state index is -1.24. The van der Waals surface area contributed by atoms with Gasteiger partial charge in [-0.1, -0.05) is 47.1 Å². The van der Waals surface area contributed by atoms with Crippen molar-refractivity contribution < 1.29 is 24.2 Å². The second kappa shape index (κ2) is 10.7. The summed E-state index contributed by atoms with van der Waals surface area (Å²) in [6.45, 7) is 19.8. The van der Waals surface area contributed by atoms with Crippen LogP contribution < -0.4 is 0 Å². The van der Waals surface area contributed by atoms with Gasteiger partial charge >= 0.3 is 11.9 Å². The number of rotatable bonds is 4. The van der Waals surface area contributed by atoms with E-state index in [0.29, 0.717) is 30.6 Å². The highest BCUT2D eigenvalue weighted by atomic mass is 16.5. The van der Waals surface area contributed by atoms with Crippen LogP contribution in [-0.4, -0.2) is 78.5 Å². The Labute approximate surface area is 265 Å². The molecule has 1 heterocycles. The van der Waals surface area contributed by atoms with Gasteiger partial charge in [-0.25, -0.2) is 0 Å². The Morgan fingerprint density at radius 1 is 0.932 bits per heavy atom. The van der Waals surface area contributed by atoms with E-state index in [1.807, 2.05) is 0 Å². The maximum atomic E-state index is 14.6. The molecule has 0 unspecified atom stereocenters. The minimum absolute atomic E-state index is 0.0828. The summed E-state index contributed by atoms with van der Waals surface area (Å²) < 4.78 is 6.11. The maximum absolute atomic E-state index is 14.6. The first-order valence-electron chi connectivity index (χ1n) is 17.6. The van der Waals surface area contributed by atoms with Crippen LogP contribution in [0.3, 0.4) is 0 Å². The molecule has 4 saturated carbocycles. The van der Waals surface area contributed by atoms with Crippen LogP contribution in [0.2, 0.25) is 0 Å². The molecule has 0 aromatic rings. The lowest BCUT2D eigenvalue weighted by Gasteiger charge is -2.70. The number of hydrogen-bond donors (Lipinski definition) is 1. The van der Waals surface area contributed by atoms with Gasteiger partial charge in [-0.05, 0) is 117 Å². The molecule has 0 aromatic carbocycles. The fourth-order valence-corrected chi connectivity index (χ4v) is 12.2. The molecular formula is C37H58N2O5. The molecule has 1 saturated heterocycles. The average molecular weight is 611 g/mol. The van der Waals surface area contributed by atoms with E-state index in [1.165, 1.54) is 24.8 Å². The summed E-state index contributed by atoms with van der Waals surface area (Å²) in [5.41, 5.74) is -0.379. The summed E-state index contributed by atoms with van der Waals surface area (Å²) in [6, 6.07) is 0. The number of hydrogen-bond acceptors (Lipinski definition) is 6. The highest BCUT2D eigenvalue weighted by Gasteiger charge is 2.72. The number of fused-ring (bicyclic) bond motifs is 7. The van der Waals surface area contributed by atoms with Gasteiger partial charge in [0.2, 0.25) is 0 Å². The number of likely N-dealkylation sites (N-methyl/N-ethyl adjacent to an activating group) is 1. The van der Waals surface area contributed by atoms with Crippen molar-refractivity contribution in [3.63, 3.8) is 0 Å². The summed E-state index contributed by atoms with van der Waals surface area (Å²) in [5, 5.41) is 10.9. The molecule has 0 bridgehead atoms. The first-order valence-corrected chi connectivity index (χ1v) is 17.6. The SMILES string of the molecule is C[C@H]1[C@H](C)CC[C@]2(C)CC[C@]3(C)C(=CC(=O)[C@@H]4[C@@]5(C)CC[C@@H](OC(=O)CN6CCN(C)CC6)[C@](C)(C(=O)O)[C@@H]5CC[C@]43C)[C@H]12. The molecule has 11 atom stereocenters. The molecule has 0 aromatic heterocycles. The van der Waals surface area contributed by atoms with Crippen molar-refractivity contribution in [2.45, 2.75) is 106 Å². The summed E-state index contributed by atoms with van der Waals surface area (Å²) in [5.74, 6) is 0.137. The smallest absolute Gasteiger partial charge is 0.320 e. The van der Waals surface area contributed by atoms with E-state index in [0.717, 1.165) is 45.4 Å². The topological polar surface area (TPSA) is 87.2 Å². The summed E-state index contributed by atoms with van der Waals surface area (Å²) >= 11 is 0. The number of carbonyl (C=O) groups is 3. The molecule has 1 N–H and O–H groups in total. The number of aliphatic carboxylic acids is 1. The van der Waals surface area contributed by atoms with Crippen molar-refractivity contribution in [2.24, 2.45) is 56.7 Å². The number of ether oxygens (including phenoxy) is 1.